The van der Waals surface area contributed by atoms with E-state index in [2.05, 4.69) is 45.3 Å². The van der Waals surface area contributed by atoms with Gasteiger partial charge in [0.05, 0.1) is 11.0 Å². The van der Waals surface area contributed by atoms with Crippen LogP contribution in [0.25, 0.3) is 11.0 Å². The molecule has 2 unspecified atom stereocenters. The highest BCUT2D eigenvalue weighted by Gasteiger charge is 2.31. The van der Waals surface area contributed by atoms with Crippen molar-refractivity contribution in [2.45, 2.75) is 44.2 Å². The number of rotatable bonds is 5. The van der Waals surface area contributed by atoms with Crippen molar-refractivity contribution in [3.63, 3.8) is 0 Å². The van der Waals surface area contributed by atoms with Gasteiger partial charge in [0.2, 0.25) is 0 Å². The molecule has 1 fully saturated rings. The van der Waals surface area contributed by atoms with Crippen molar-refractivity contribution in [3.05, 3.63) is 102 Å². The first-order valence-corrected chi connectivity index (χ1v) is 11.2. The Kier molecular flexibility index (Phi) is 5.88. The number of fused-ring (bicyclic) bond motifs is 1. The summed E-state index contributed by atoms with van der Waals surface area (Å²) in [4.78, 5) is 28.8. The van der Waals surface area contributed by atoms with Gasteiger partial charge in [0.1, 0.15) is 0 Å². The summed E-state index contributed by atoms with van der Waals surface area (Å²) in [5, 5.41) is 0. The van der Waals surface area contributed by atoms with Crippen LogP contribution in [0, 0.1) is 0 Å². The molecule has 2 aromatic heterocycles. The van der Waals surface area contributed by atoms with Gasteiger partial charge in [-0.25, -0.2) is 0 Å². The molecule has 0 N–H and O–H groups in total. The normalized spacial score (nSPS) is 18.4. The van der Waals surface area contributed by atoms with Gasteiger partial charge in [-0.1, -0.05) is 42.8 Å². The van der Waals surface area contributed by atoms with E-state index in [1.807, 2.05) is 41.4 Å². The number of benzene rings is 2. The molecule has 5 heteroatoms. The predicted molar refractivity (Wildman–Crippen MR) is 125 cm³/mol. The van der Waals surface area contributed by atoms with Crippen LogP contribution in [-0.4, -0.2) is 31.8 Å². The van der Waals surface area contributed by atoms with E-state index in [1.54, 1.807) is 18.6 Å². The molecule has 0 radical (unpaired) electrons. The van der Waals surface area contributed by atoms with E-state index in [1.165, 1.54) is 12.0 Å². The van der Waals surface area contributed by atoms with Crippen molar-refractivity contribution < 1.29 is 4.79 Å². The van der Waals surface area contributed by atoms with E-state index in [9.17, 15) is 4.79 Å². The highest BCUT2D eigenvalue weighted by Crippen LogP contribution is 2.36. The molecule has 1 aliphatic carbocycles. The molecule has 5 nitrogen and oxygen atoms in total. The zero-order valence-corrected chi connectivity index (χ0v) is 18.0. The Morgan fingerprint density at radius 2 is 1.75 bits per heavy atom. The zero-order chi connectivity index (χ0) is 21.8. The SMILES string of the molecule is O=C(c1ccc2nccnc2c1)N(Cc1cccnc1)C1CCCC(c2ccccc2)C1. The third-order valence-corrected chi connectivity index (χ3v) is 6.41. The molecular formula is C27H26N4O. The first kappa shape index (κ1) is 20.3. The summed E-state index contributed by atoms with van der Waals surface area (Å²) in [5.41, 5.74) is 4.61. The molecule has 0 spiro atoms. The van der Waals surface area contributed by atoms with Crippen molar-refractivity contribution in [1.82, 2.24) is 19.9 Å². The van der Waals surface area contributed by atoms with Crippen molar-refractivity contribution in [2.24, 2.45) is 0 Å². The molecule has 160 valence electrons. The highest BCUT2D eigenvalue weighted by molar-refractivity contribution is 5.97. The lowest BCUT2D eigenvalue weighted by Gasteiger charge is -2.38. The molecule has 0 saturated heterocycles. The molecule has 2 atom stereocenters. The number of hydrogen-bond donors (Lipinski definition) is 0. The number of carbonyl (C=O) groups excluding carboxylic acids is 1. The minimum Gasteiger partial charge on any atom is -0.331 e. The van der Waals surface area contributed by atoms with Gasteiger partial charge >= 0.3 is 0 Å². The molecule has 1 saturated carbocycles. The average Bonchev–Trinajstić information content (AvgIpc) is 2.88. The minimum atomic E-state index is 0.0418. The summed E-state index contributed by atoms with van der Waals surface area (Å²) in [7, 11) is 0. The van der Waals surface area contributed by atoms with E-state index in [4.69, 9.17) is 0 Å². The van der Waals surface area contributed by atoms with Crippen LogP contribution >= 0.6 is 0 Å². The van der Waals surface area contributed by atoms with Gasteiger partial charge in [0, 0.05) is 42.9 Å². The Bertz CT molecular complexity index is 1200. The summed E-state index contributed by atoms with van der Waals surface area (Å²) in [5.74, 6) is 0.515. The van der Waals surface area contributed by atoms with Gasteiger partial charge in [0.25, 0.3) is 5.91 Å². The Morgan fingerprint density at radius 3 is 2.56 bits per heavy atom. The van der Waals surface area contributed by atoms with Crippen molar-refractivity contribution in [2.75, 3.05) is 0 Å². The fourth-order valence-electron chi connectivity index (χ4n) is 4.79. The Labute approximate surface area is 188 Å². The van der Waals surface area contributed by atoms with Gasteiger partial charge in [-0.3, -0.25) is 19.7 Å². The number of nitrogens with zero attached hydrogens (tertiary/aromatic N) is 4. The van der Waals surface area contributed by atoms with E-state index < -0.39 is 0 Å². The third kappa shape index (κ3) is 4.37. The highest BCUT2D eigenvalue weighted by atomic mass is 16.2. The smallest absolute Gasteiger partial charge is 0.254 e. The van der Waals surface area contributed by atoms with Gasteiger partial charge in [-0.05, 0) is 60.6 Å². The fourth-order valence-corrected chi connectivity index (χ4v) is 4.79. The molecule has 1 amide bonds. The Morgan fingerprint density at radius 1 is 0.906 bits per heavy atom. The van der Waals surface area contributed by atoms with Crippen LogP contribution in [0.4, 0.5) is 0 Å². The molecule has 1 aliphatic rings. The molecule has 0 aliphatic heterocycles. The lowest BCUT2D eigenvalue weighted by Crippen LogP contribution is -2.42. The number of hydrogen-bond acceptors (Lipinski definition) is 4. The second kappa shape index (κ2) is 9.27. The van der Waals surface area contributed by atoms with E-state index in [0.29, 0.717) is 18.0 Å². The minimum absolute atomic E-state index is 0.0418. The van der Waals surface area contributed by atoms with Crippen LogP contribution in [0.3, 0.4) is 0 Å². The average molecular weight is 423 g/mol. The first-order valence-electron chi connectivity index (χ1n) is 11.2. The molecule has 5 rings (SSSR count). The van der Waals surface area contributed by atoms with Crippen molar-refractivity contribution in [3.8, 4) is 0 Å². The Hall–Kier alpha value is -3.60. The van der Waals surface area contributed by atoms with Gasteiger partial charge < -0.3 is 4.90 Å². The lowest BCUT2D eigenvalue weighted by molar-refractivity contribution is 0.0601. The predicted octanol–water partition coefficient (Wildman–Crippen LogP) is 5.39. The third-order valence-electron chi connectivity index (χ3n) is 6.41. The van der Waals surface area contributed by atoms with Crippen molar-refractivity contribution >= 4 is 16.9 Å². The van der Waals surface area contributed by atoms with Crippen LogP contribution in [0.5, 0.6) is 0 Å². The van der Waals surface area contributed by atoms with Crippen LogP contribution in [-0.2, 0) is 6.54 Å². The first-order chi connectivity index (χ1) is 15.8. The quantitative estimate of drug-likeness (QED) is 0.432. The van der Waals surface area contributed by atoms with Crippen LogP contribution in [0.2, 0.25) is 0 Å². The maximum atomic E-state index is 13.8. The zero-order valence-electron chi connectivity index (χ0n) is 18.0. The summed E-state index contributed by atoms with van der Waals surface area (Å²) < 4.78 is 0. The number of carbonyl (C=O) groups is 1. The van der Waals surface area contributed by atoms with Gasteiger partial charge in [0.15, 0.2) is 0 Å². The molecule has 2 aromatic carbocycles. The second-order valence-electron chi connectivity index (χ2n) is 8.48. The largest absolute Gasteiger partial charge is 0.331 e. The van der Waals surface area contributed by atoms with E-state index >= 15 is 0 Å². The number of aromatic nitrogens is 3. The molecule has 2 heterocycles. The van der Waals surface area contributed by atoms with Crippen LogP contribution < -0.4 is 0 Å². The summed E-state index contributed by atoms with van der Waals surface area (Å²) in [6.45, 7) is 0.553. The maximum absolute atomic E-state index is 13.8. The summed E-state index contributed by atoms with van der Waals surface area (Å²) in [6.07, 6.45) is 11.2. The van der Waals surface area contributed by atoms with E-state index in [0.717, 1.165) is 35.9 Å². The second-order valence-corrected chi connectivity index (χ2v) is 8.48. The summed E-state index contributed by atoms with van der Waals surface area (Å²) in [6, 6.07) is 20.4. The van der Waals surface area contributed by atoms with Crippen molar-refractivity contribution in [1.29, 1.82) is 0 Å². The molecular weight excluding hydrogens is 396 g/mol. The lowest BCUT2D eigenvalue weighted by atomic mass is 9.80. The van der Waals surface area contributed by atoms with Gasteiger partial charge in [-0.15, -0.1) is 0 Å². The Balaban J connectivity index is 1.46. The van der Waals surface area contributed by atoms with Crippen LogP contribution in [0.15, 0.2) is 85.5 Å². The molecule has 0 bridgehead atoms. The van der Waals surface area contributed by atoms with Crippen LogP contribution in [0.1, 0.15) is 53.1 Å². The fraction of sp³-hybridized carbons (Fsp3) is 0.259. The molecule has 4 aromatic rings. The molecule has 32 heavy (non-hydrogen) atoms. The number of amides is 1. The number of pyridine rings is 1. The van der Waals surface area contributed by atoms with Gasteiger partial charge in [-0.2, -0.15) is 0 Å². The maximum Gasteiger partial charge on any atom is 0.254 e. The topological polar surface area (TPSA) is 59.0 Å². The summed E-state index contributed by atoms with van der Waals surface area (Å²) >= 11 is 0. The van der Waals surface area contributed by atoms with E-state index in [-0.39, 0.29) is 11.9 Å². The monoisotopic (exact) mass is 422 g/mol. The standard InChI is InChI=1S/C27H26N4O/c32-27(23-11-12-25-26(17-23)30-15-14-29-25)31(19-20-6-5-13-28-18-20)24-10-4-9-22(16-24)21-7-2-1-3-8-21/h1-3,5-8,11-15,17-18,22,24H,4,9-10,16,19H2.